The summed E-state index contributed by atoms with van der Waals surface area (Å²) >= 11 is 0. The zero-order valence-corrected chi connectivity index (χ0v) is 9.54. The molecule has 17 heavy (non-hydrogen) atoms. The van der Waals surface area contributed by atoms with E-state index in [-0.39, 0.29) is 6.04 Å². The van der Waals surface area contributed by atoms with Crippen molar-refractivity contribution in [3.63, 3.8) is 0 Å². The Bertz CT molecular complexity index is 511. The Morgan fingerprint density at radius 3 is 3.06 bits per heavy atom. The van der Waals surface area contributed by atoms with Gasteiger partial charge in [0.2, 0.25) is 0 Å². The van der Waals surface area contributed by atoms with Crippen LogP contribution < -0.4 is 5.32 Å². The van der Waals surface area contributed by atoms with Gasteiger partial charge in [-0.2, -0.15) is 9.78 Å². The Labute approximate surface area is 99.9 Å². The molecule has 0 saturated heterocycles. The first-order valence-electron chi connectivity index (χ1n) is 5.31. The van der Waals surface area contributed by atoms with Crippen molar-refractivity contribution in [2.24, 2.45) is 0 Å². The molecular weight excluding hydrogens is 214 g/mol. The van der Waals surface area contributed by atoms with Gasteiger partial charge >= 0.3 is 0 Å². The molecule has 0 aliphatic carbocycles. The van der Waals surface area contributed by atoms with Crippen molar-refractivity contribution < 1.29 is 0 Å². The largest absolute Gasteiger partial charge is 0.297 e. The van der Waals surface area contributed by atoms with Gasteiger partial charge in [-0.15, -0.1) is 6.42 Å². The molecule has 5 nitrogen and oxygen atoms in total. The number of rotatable bonds is 4. The van der Waals surface area contributed by atoms with Crippen LogP contribution in [0.5, 0.6) is 0 Å². The maximum absolute atomic E-state index is 5.21. The molecule has 1 atom stereocenters. The fraction of sp³-hybridized carbons (Fsp3) is 0.250. The van der Waals surface area contributed by atoms with Gasteiger partial charge in [0.25, 0.3) is 0 Å². The summed E-state index contributed by atoms with van der Waals surface area (Å²) in [5.74, 6) is 4.07. The third-order valence-electron chi connectivity index (χ3n) is 2.34. The van der Waals surface area contributed by atoms with Crippen LogP contribution in [0.1, 0.15) is 18.8 Å². The van der Waals surface area contributed by atoms with Crippen LogP contribution in [0.4, 0.5) is 0 Å². The zero-order chi connectivity index (χ0) is 12.1. The van der Waals surface area contributed by atoms with Crippen molar-refractivity contribution in [3.05, 3.63) is 36.5 Å². The van der Waals surface area contributed by atoms with Crippen molar-refractivity contribution in [3.8, 4) is 18.2 Å². The third-order valence-corrected chi connectivity index (χ3v) is 2.34. The Kier molecular flexibility index (Phi) is 3.48. The van der Waals surface area contributed by atoms with Crippen molar-refractivity contribution in [1.29, 1.82) is 0 Å². The van der Waals surface area contributed by atoms with Crippen molar-refractivity contribution in [1.82, 2.24) is 25.1 Å². The van der Waals surface area contributed by atoms with Crippen LogP contribution in [0.15, 0.2) is 30.7 Å². The molecule has 0 fully saturated rings. The van der Waals surface area contributed by atoms with E-state index in [0.29, 0.717) is 6.54 Å². The van der Waals surface area contributed by atoms with Crippen LogP contribution in [0, 0.1) is 12.3 Å². The first kappa shape index (κ1) is 11.3. The normalized spacial score (nSPS) is 12.0. The summed E-state index contributed by atoms with van der Waals surface area (Å²) in [7, 11) is 0. The van der Waals surface area contributed by atoms with E-state index in [9.17, 15) is 0 Å². The highest BCUT2D eigenvalue weighted by atomic mass is 15.4. The predicted molar refractivity (Wildman–Crippen MR) is 64.4 cm³/mol. The molecule has 2 rings (SSSR count). The molecule has 5 heteroatoms. The number of aromatic nitrogens is 4. The SMILES string of the molecule is C#CCNC(C)c1ncnn1-c1ccccn1. The highest BCUT2D eigenvalue weighted by molar-refractivity contribution is 5.22. The Hall–Kier alpha value is -2.19. The van der Waals surface area contributed by atoms with Crippen LogP contribution >= 0.6 is 0 Å². The van der Waals surface area contributed by atoms with E-state index in [1.54, 1.807) is 10.9 Å². The molecular formula is C12H13N5. The first-order valence-corrected chi connectivity index (χ1v) is 5.31. The summed E-state index contributed by atoms with van der Waals surface area (Å²) < 4.78 is 1.70. The van der Waals surface area contributed by atoms with E-state index in [1.807, 2.05) is 25.1 Å². The van der Waals surface area contributed by atoms with E-state index < -0.39 is 0 Å². The summed E-state index contributed by atoms with van der Waals surface area (Å²) in [6.07, 6.45) is 8.45. The lowest BCUT2D eigenvalue weighted by Gasteiger charge is -2.12. The summed E-state index contributed by atoms with van der Waals surface area (Å²) in [6.45, 7) is 2.48. The van der Waals surface area contributed by atoms with Crippen LogP contribution in [0.3, 0.4) is 0 Å². The van der Waals surface area contributed by atoms with Crippen molar-refractivity contribution in [2.75, 3.05) is 6.54 Å². The summed E-state index contributed by atoms with van der Waals surface area (Å²) in [5, 5.41) is 7.32. The third kappa shape index (κ3) is 2.49. The van der Waals surface area contributed by atoms with Gasteiger partial charge < -0.3 is 0 Å². The lowest BCUT2D eigenvalue weighted by atomic mass is 10.3. The molecule has 1 N–H and O–H groups in total. The van der Waals surface area contributed by atoms with E-state index in [0.717, 1.165) is 11.6 Å². The molecule has 2 aromatic rings. The van der Waals surface area contributed by atoms with Crippen LogP contribution in [0.2, 0.25) is 0 Å². The van der Waals surface area contributed by atoms with Gasteiger partial charge in [-0.05, 0) is 19.1 Å². The quantitative estimate of drug-likeness (QED) is 0.790. The van der Waals surface area contributed by atoms with Gasteiger partial charge in [0.1, 0.15) is 6.33 Å². The lowest BCUT2D eigenvalue weighted by Crippen LogP contribution is -2.22. The van der Waals surface area contributed by atoms with Gasteiger partial charge in [-0.3, -0.25) is 5.32 Å². The monoisotopic (exact) mass is 227 g/mol. The second-order valence-corrected chi connectivity index (χ2v) is 3.52. The standard InChI is InChI=1S/C12H13N5/c1-3-7-13-10(2)12-15-9-16-17(12)11-6-4-5-8-14-11/h1,4-6,8-10,13H,7H2,2H3. The minimum Gasteiger partial charge on any atom is -0.297 e. The average Bonchev–Trinajstić information content (AvgIpc) is 2.86. The average molecular weight is 227 g/mol. The molecule has 2 aromatic heterocycles. The summed E-state index contributed by atoms with van der Waals surface area (Å²) in [6, 6.07) is 5.68. The van der Waals surface area contributed by atoms with Crippen molar-refractivity contribution >= 4 is 0 Å². The Morgan fingerprint density at radius 2 is 2.35 bits per heavy atom. The minimum atomic E-state index is 0.0237. The second kappa shape index (κ2) is 5.23. The van der Waals surface area contributed by atoms with Gasteiger partial charge in [-0.1, -0.05) is 12.0 Å². The van der Waals surface area contributed by atoms with Crippen LogP contribution in [-0.2, 0) is 0 Å². The first-order chi connectivity index (χ1) is 8.33. The highest BCUT2D eigenvalue weighted by Gasteiger charge is 2.13. The maximum Gasteiger partial charge on any atom is 0.155 e. The molecule has 0 aliphatic heterocycles. The summed E-state index contributed by atoms with van der Waals surface area (Å²) in [4.78, 5) is 8.46. The van der Waals surface area contributed by atoms with Crippen LogP contribution in [-0.4, -0.2) is 26.3 Å². The predicted octanol–water partition coefficient (Wildman–Crippen LogP) is 0.946. The molecule has 0 bridgehead atoms. The van der Waals surface area contributed by atoms with E-state index >= 15 is 0 Å². The zero-order valence-electron chi connectivity index (χ0n) is 9.54. The molecule has 0 saturated carbocycles. The number of hydrogen-bond acceptors (Lipinski definition) is 4. The van der Waals surface area contributed by atoms with Crippen molar-refractivity contribution in [2.45, 2.75) is 13.0 Å². The Balaban J connectivity index is 2.26. The second-order valence-electron chi connectivity index (χ2n) is 3.52. The number of hydrogen-bond donors (Lipinski definition) is 1. The molecule has 1 unspecified atom stereocenters. The van der Waals surface area contributed by atoms with E-state index in [4.69, 9.17) is 6.42 Å². The van der Waals surface area contributed by atoms with Gasteiger partial charge in [0, 0.05) is 6.20 Å². The topological polar surface area (TPSA) is 55.6 Å². The molecule has 0 spiro atoms. The maximum atomic E-state index is 5.21. The van der Waals surface area contributed by atoms with E-state index in [1.165, 1.54) is 6.33 Å². The smallest absolute Gasteiger partial charge is 0.155 e. The molecule has 0 amide bonds. The Morgan fingerprint density at radius 1 is 1.47 bits per heavy atom. The number of nitrogens with zero attached hydrogens (tertiary/aromatic N) is 4. The molecule has 0 radical (unpaired) electrons. The van der Waals surface area contributed by atoms with Crippen LogP contribution in [0.25, 0.3) is 5.82 Å². The molecule has 2 heterocycles. The van der Waals surface area contributed by atoms with Gasteiger partial charge in [0.05, 0.1) is 12.6 Å². The number of nitrogens with one attached hydrogen (secondary N) is 1. The van der Waals surface area contributed by atoms with Gasteiger partial charge in [-0.25, -0.2) is 9.97 Å². The molecule has 0 aromatic carbocycles. The van der Waals surface area contributed by atoms with E-state index in [2.05, 4.69) is 26.3 Å². The summed E-state index contributed by atoms with van der Waals surface area (Å²) in [5.41, 5.74) is 0. The fourth-order valence-electron chi connectivity index (χ4n) is 1.50. The molecule has 86 valence electrons. The lowest BCUT2D eigenvalue weighted by molar-refractivity contribution is 0.565. The van der Waals surface area contributed by atoms with Gasteiger partial charge in [0.15, 0.2) is 11.6 Å². The highest BCUT2D eigenvalue weighted by Crippen LogP contribution is 2.12. The minimum absolute atomic E-state index is 0.0237. The fourth-order valence-corrected chi connectivity index (χ4v) is 1.50. The number of pyridine rings is 1. The number of terminal acetylenes is 1. The molecule has 0 aliphatic rings.